The molecule has 5 rings (SSSR count). The Morgan fingerprint density at radius 1 is 0.884 bits per heavy atom. The van der Waals surface area contributed by atoms with Gasteiger partial charge in [0.15, 0.2) is 0 Å². The number of aromatic carboxylic acids is 1. The highest BCUT2D eigenvalue weighted by Gasteiger charge is 2.29. The van der Waals surface area contributed by atoms with Crippen molar-refractivity contribution in [1.29, 1.82) is 0 Å². The average Bonchev–Trinajstić information content (AvgIpc) is 3.31. The van der Waals surface area contributed by atoms with Crippen LogP contribution in [0, 0.1) is 0 Å². The van der Waals surface area contributed by atoms with E-state index in [1.165, 1.54) is 19.1 Å². The van der Waals surface area contributed by atoms with Crippen LogP contribution < -0.4 is 20.9 Å². The lowest BCUT2D eigenvalue weighted by molar-refractivity contribution is -0.120. The number of fused-ring (bicyclic) bond motifs is 1. The number of carbonyl (C=O) groups excluding carboxylic acids is 3. The van der Waals surface area contributed by atoms with Crippen LogP contribution in [0.2, 0.25) is 0 Å². The number of carbonyl (C=O) groups is 4. The van der Waals surface area contributed by atoms with Gasteiger partial charge in [-0.1, -0.05) is 12.1 Å². The molecule has 1 fully saturated rings. The largest absolute Gasteiger partial charge is 0.478 e. The summed E-state index contributed by atoms with van der Waals surface area (Å²) in [6.07, 6.45) is 0. The number of likely N-dealkylation sites (N-methyl/N-ethyl adjacent to an activating group) is 2. The number of nitrogens with one attached hydrogen (secondary N) is 3. The van der Waals surface area contributed by atoms with E-state index >= 15 is 0 Å². The second kappa shape index (κ2) is 12.5. The molecule has 3 amide bonds. The Morgan fingerprint density at radius 2 is 1.49 bits per heavy atom. The first kappa shape index (κ1) is 29.5. The monoisotopic (exact) mass is 582 g/mol. The van der Waals surface area contributed by atoms with Gasteiger partial charge >= 0.3 is 5.97 Å². The number of hydrogen-bond acceptors (Lipinski definition) is 7. The van der Waals surface area contributed by atoms with Crippen molar-refractivity contribution in [2.75, 3.05) is 67.7 Å². The summed E-state index contributed by atoms with van der Waals surface area (Å²) in [5.74, 6) is -1.68. The molecule has 0 atom stereocenters. The van der Waals surface area contributed by atoms with Gasteiger partial charge in [-0.25, -0.2) is 4.79 Å². The topological polar surface area (TPSA) is 134 Å². The van der Waals surface area contributed by atoms with Crippen molar-refractivity contribution in [3.63, 3.8) is 0 Å². The van der Waals surface area contributed by atoms with E-state index in [1.807, 2.05) is 24.3 Å². The van der Waals surface area contributed by atoms with Crippen LogP contribution in [0.25, 0.3) is 11.3 Å². The van der Waals surface area contributed by atoms with Crippen molar-refractivity contribution in [2.45, 2.75) is 6.92 Å². The molecule has 0 spiro atoms. The van der Waals surface area contributed by atoms with Gasteiger partial charge in [-0.2, -0.15) is 0 Å². The number of carboxylic acid groups (broad SMARTS) is 1. The van der Waals surface area contributed by atoms with E-state index in [0.717, 1.165) is 31.9 Å². The van der Waals surface area contributed by atoms with Crippen LogP contribution in [0.15, 0.2) is 66.7 Å². The Bertz CT molecular complexity index is 1590. The van der Waals surface area contributed by atoms with E-state index in [-0.39, 0.29) is 28.9 Å². The number of piperazine rings is 1. The third-order valence-electron chi connectivity index (χ3n) is 7.61. The fraction of sp³-hybridized carbons (Fsp3) is 0.250. The number of carboxylic acids is 1. The Balaban J connectivity index is 1.44. The van der Waals surface area contributed by atoms with Crippen LogP contribution in [0.5, 0.6) is 0 Å². The summed E-state index contributed by atoms with van der Waals surface area (Å²) in [6, 6.07) is 18.8. The van der Waals surface area contributed by atoms with Gasteiger partial charge in [0.1, 0.15) is 0 Å². The molecule has 11 nitrogen and oxygen atoms in total. The molecule has 0 bridgehead atoms. The van der Waals surface area contributed by atoms with Gasteiger partial charge in [0.05, 0.1) is 23.4 Å². The van der Waals surface area contributed by atoms with Gasteiger partial charge in [0.25, 0.3) is 5.91 Å². The van der Waals surface area contributed by atoms with Crippen LogP contribution in [0.1, 0.15) is 28.4 Å². The maximum atomic E-state index is 13.3. The van der Waals surface area contributed by atoms with Gasteiger partial charge in [-0.05, 0) is 67.2 Å². The van der Waals surface area contributed by atoms with E-state index in [4.69, 9.17) is 0 Å². The first-order valence-corrected chi connectivity index (χ1v) is 13.9. The number of anilines is 4. The van der Waals surface area contributed by atoms with Crippen molar-refractivity contribution in [1.82, 2.24) is 9.80 Å². The molecule has 2 aliphatic rings. The molecule has 2 heterocycles. The van der Waals surface area contributed by atoms with E-state index < -0.39 is 5.97 Å². The van der Waals surface area contributed by atoms with E-state index in [0.29, 0.717) is 40.4 Å². The molecular formula is C32H34N6O5. The lowest BCUT2D eigenvalue weighted by atomic mass is 9.98. The Kier molecular flexibility index (Phi) is 8.56. The van der Waals surface area contributed by atoms with Gasteiger partial charge in [0, 0.05) is 68.5 Å². The van der Waals surface area contributed by atoms with E-state index in [9.17, 15) is 24.3 Å². The maximum absolute atomic E-state index is 13.3. The number of benzene rings is 3. The zero-order chi connectivity index (χ0) is 30.7. The predicted octanol–water partition coefficient (Wildman–Crippen LogP) is 3.49. The van der Waals surface area contributed by atoms with Gasteiger partial charge in [-0.3, -0.25) is 19.3 Å². The molecule has 11 heteroatoms. The second-order valence-electron chi connectivity index (χ2n) is 10.7. The number of nitrogens with zero attached hydrogens (tertiary/aromatic N) is 3. The standard InChI is InChI=1S/C32H34N6O5/c1-20(39)33-23-7-4-21(5-8-23)30(29-26-18-22(32(42)43)6-13-27(26)35-31(29)41)34-24-9-11-25(12-10-24)37(3)28(40)19-38-16-14-36(2)15-17-38/h4-13,18,34H,14-17,19H2,1-3H3,(H,33,39)(H,35,41)(H,42,43). The molecule has 0 aromatic heterocycles. The zero-order valence-electron chi connectivity index (χ0n) is 24.3. The molecule has 4 N–H and O–H groups in total. The molecule has 1 saturated heterocycles. The zero-order valence-corrected chi connectivity index (χ0v) is 24.3. The molecule has 0 unspecified atom stereocenters. The highest BCUT2D eigenvalue weighted by molar-refractivity contribution is 6.37. The van der Waals surface area contributed by atoms with Gasteiger partial charge in [0.2, 0.25) is 11.8 Å². The minimum Gasteiger partial charge on any atom is -0.478 e. The quantitative estimate of drug-likeness (QED) is 0.297. The molecule has 0 radical (unpaired) electrons. The first-order chi connectivity index (χ1) is 20.6. The number of rotatable bonds is 8. The van der Waals surface area contributed by atoms with Crippen LogP contribution in [-0.4, -0.2) is 85.4 Å². The Labute approximate surface area is 249 Å². The fourth-order valence-electron chi connectivity index (χ4n) is 5.11. The minimum absolute atomic E-state index is 0.000739. The van der Waals surface area contributed by atoms with Crippen molar-refractivity contribution in [2.24, 2.45) is 0 Å². The third-order valence-corrected chi connectivity index (χ3v) is 7.61. The molecule has 3 aromatic carbocycles. The fourth-order valence-corrected chi connectivity index (χ4v) is 5.11. The summed E-state index contributed by atoms with van der Waals surface area (Å²) < 4.78 is 0. The summed E-state index contributed by atoms with van der Waals surface area (Å²) in [7, 11) is 3.83. The molecule has 3 aromatic rings. The SMILES string of the molecule is CC(=O)Nc1ccc(C(Nc2ccc(N(C)C(=O)CN3CCN(C)CC3)cc2)=C2C(=O)Nc3ccc(C(=O)O)cc32)cc1. The van der Waals surface area contributed by atoms with Crippen molar-refractivity contribution in [3.05, 3.63) is 83.4 Å². The molecular weight excluding hydrogens is 548 g/mol. The van der Waals surface area contributed by atoms with Crippen LogP contribution in [0.4, 0.5) is 22.7 Å². The average molecular weight is 583 g/mol. The minimum atomic E-state index is -1.10. The first-order valence-electron chi connectivity index (χ1n) is 13.9. The summed E-state index contributed by atoms with van der Waals surface area (Å²) >= 11 is 0. The number of amides is 3. The highest BCUT2D eigenvalue weighted by Crippen LogP contribution is 2.38. The van der Waals surface area contributed by atoms with Crippen molar-refractivity contribution >= 4 is 57.7 Å². The molecule has 43 heavy (non-hydrogen) atoms. The molecule has 0 aliphatic carbocycles. The molecule has 222 valence electrons. The lowest BCUT2D eigenvalue weighted by Gasteiger charge is -2.32. The summed E-state index contributed by atoms with van der Waals surface area (Å²) in [6.45, 7) is 5.35. The Morgan fingerprint density at radius 3 is 2.12 bits per heavy atom. The third kappa shape index (κ3) is 6.74. The number of hydrogen-bond donors (Lipinski definition) is 4. The normalized spacial score (nSPS) is 16.2. The summed E-state index contributed by atoms with van der Waals surface area (Å²) in [5, 5.41) is 18.5. The van der Waals surface area contributed by atoms with Crippen LogP contribution >= 0.6 is 0 Å². The van der Waals surface area contributed by atoms with Crippen LogP contribution in [0.3, 0.4) is 0 Å². The molecule has 0 saturated carbocycles. The smallest absolute Gasteiger partial charge is 0.335 e. The van der Waals surface area contributed by atoms with E-state index in [2.05, 4.69) is 32.8 Å². The molecule has 2 aliphatic heterocycles. The Hall–Kier alpha value is -5.00. The lowest BCUT2D eigenvalue weighted by Crippen LogP contribution is -2.48. The highest BCUT2D eigenvalue weighted by atomic mass is 16.4. The second-order valence-corrected chi connectivity index (χ2v) is 10.7. The van der Waals surface area contributed by atoms with Crippen molar-refractivity contribution < 1.29 is 24.3 Å². The van der Waals surface area contributed by atoms with Crippen molar-refractivity contribution in [3.8, 4) is 0 Å². The van der Waals surface area contributed by atoms with E-state index in [1.54, 1.807) is 42.3 Å². The summed E-state index contributed by atoms with van der Waals surface area (Å²) in [4.78, 5) is 55.5. The predicted molar refractivity (Wildman–Crippen MR) is 167 cm³/mol. The van der Waals surface area contributed by atoms with Gasteiger partial charge < -0.3 is 30.9 Å². The van der Waals surface area contributed by atoms with Crippen LogP contribution in [-0.2, 0) is 14.4 Å². The maximum Gasteiger partial charge on any atom is 0.335 e. The summed E-state index contributed by atoms with van der Waals surface area (Å²) in [5.41, 5.74) is 4.41. The van der Waals surface area contributed by atoms with Gasteiger partial charge in [-0.15, -0.1) is 0 Å².